The van der Waals surface area contributed by atoms with Crippen LogP contribution in [0, 0.1) is 0 Å². The second-order valence-corrected chi connectivity index (χ2v) is 6.21. The number of likely N-dealkylation sites (tertiary alicyclic amines) is 1. The van der Waals surface area contributed by atoms with Crippen molar-refractivity contribution < 1.29 is 27.9 Å². The third kappa shape index (κ3) is 3.71. The first-order valence-corrected chi connectivity index (χ1v) is 8.13. The molecule has 2 aromatic rings. The molecular formula is C18H16F3N3O3. The maximum Gasteiger partial charge on any atom is 0.434 e. The van der Waals surface area contributed by atoms with Gasteiger partial charge in [-0.3, -0.25) is 4.79 Å². The summed E-state index contributed by atoms with van der Waals surface area (Å²) in [7, 11) is 0. The Morgan fingerprint density at radius 1 is 1.11 bits per heavy atom. The topological polar surface area (TPSA) is 75.4 Å². The summed E-state index contributed by atoms with van der Waals surface area (Å²) in [4.78, 5) is 25.2. The molecule has 0 unspecified atom stereocenters. The summed E-state index contributed by atoms with van der Waals surface area (Å²) in [6, 6.07) is 5.43. The van der Waals surface area contributed by atoms with Crippen molar-refractivity contribution in [2.75, 3.05) is 13.1 Å². The summed E-state index contributed by atoms with van der Waals surface area (Å²) in [6.07, 6.45) is -2.78. The number of carbonyl (C=O) groups is 2. The molecule has 1 aromatic carbocycles. The molecular weight excluding hydrogens is 363 g/mol. The minimum atomic E-state index is -4.89. The van der Waals surface area contributed by atoms with E-state index in [0.717, 1.165) is 18.4 Å². The van der Waals surface area contributed by atoms with Crippen LogP contribution in [0.25, 0.3) is 5.69 Å². The number of amides is 1. The minimum absolute atomic E-state index is 0.0124. The number of halogens is 3. The first-order chi connectivity index (χ1) is 12.7. The highest BCUT2D eigenvalue weighted by molar-refractivity contribution is 5.94. The van der Waals surface area contributed by atoms with Crippen LogP contribution in [-0.2, 0) is 6.18 Å². The zero-order valence-corrected chi connectivity index (χ0v) is 14.2. The summed E-state index contributed by atoms with van der Waals surface area (Å²) in [5.41, 5.74) is -0.870. The van der Waals surface area contributed by atoms with Gasteiger partial charge in [0.1, 0.15) is 5.56 Å². The molecule has 0 atom stereocenters. The maximum atomic E-state index is 13.3. The van der Waals surface area contributed by atoms with E-state index < -0.39 is 23.4 Å². The molecule has 27 heavy (non-hydrogen) atoms. The van der Waals surface area contributed by atoms with Crippen molar-refractivity contribution in [1.82, 2.24) is 14.7 Å². The SMILES string of the molecule is C=C1CCN(C(=O)c2ccc(-n3ncc(C(=O)O)c3C(F)(F)F)cc2)CC1. The van der Waals surface area contributed by atoms with Crippen LogP contribution >= 0.6 is 0 Å². The molecule has 142 valence electrons. The first kappa shape index (κ1) is 18.7. The van der Waals surface area contributed by atoms with Crippen LogP contribution in [0.15, 0.2) is 42.6 Å². The van der Waals surface area contributed by atoms with Crippen LogP contribution in [0.4, 0.5) is 13.2 Å². The van der Waals surface area contributed by atoms with E-state index >= 15 is 0 Å². The number of hydrogen-bond acceptors (Lipinski definition) is 3. The van der Waals surface area contributed by atoms with Gasteiger partial charge in [-0.1, -0.05) is 12.2 Å². The Labute approximate surface area is 152 Å². The molecule has 1 aromatic heterocycles. The molecule has 0 aliphatic carbocycles. The Kier molecular flexibility index (Phi) is 4.77. The van der Waals surface area contributed by atoms with Crippen molar-refractivity contribution in [2.45, 2.75) is 19.0 Å². The van der Waals surface area contributed by atoms with Crippen LogP contribution in [0.1, 0.15) is 39.3 Å². The highest BCUT2D eigenvalue weighted by Gasteiger charge is 2.40. The lowest BCUT2D eigenvalue weighted by molar-refractivity contribution is -0.143. The Morgan fingerprint density at radius 2 is 1.70 bits per heavy atom. The Morgan fingerprint density at radius 3 is 2.22 bits per heavy atom. The zero-order valence-electron chi connectivity index (χ0n) is 14.2. The molecule has 1 saturated heterocycles. The van der Waals surface area contributed by atoms with Gasteiger partial charge in [-0.2, -0.15) is 18.3 Å². The van der Waals surface area contributed by atoms with Crippen LogP contribution in [-0.4, -0.2) is 44.8 Å². The fourth-order valence-corrected chi connectivity index (χ4v) is 2.93. The summed E-state index contributed by atoms with van der Waals surface area (Å²) >= 11 is 0. The lowest BCUT2D eigenvalue weighted by Gasteiger charge is -2.28. The quantitative estimate of drug-likeness (QED) is 0.830. The molecule has 2 heterocycles. The Bertz CT molecular complexity index is 891. The van der Waals surface area contributed by atoms with Gasteiger partial charge in [0.05, 0.1) is 11.9 Å². The third-order valence-corrected chi connectivity index (χ3v) is 4.38. The number of aromatic nitrogens is 2. The van der Waals surface area contributed by atoms with Gasteiger partial charge >= 0.3 is 12.1 Å². The van der Waals surface area contributed by atoms with Crippen LogP contribution < -0.4 is 0 Å². The van der Waals surface area contributed by atoms with Gasteiger partial charge in [0, 0.05) is 18.7 Å². The number of benzene rings is 1. The van der Waals surface area contributed by atoms with E-state index in [2.05, 4.69) is 11.7 Å². The van der Waals surface area contributed by atoms with Gasteiger partial charge in [0.25, 0.3) is 5.91 Å². The monoisotopic (exact) mass is 379 g/mol. The molecule has 1 N–H and O–H groups in total. The van der Waals surface area contributed by atoms with Crippen molar-refractivity contribution in [3.05, 3.63) is 59.4 Å². The predicted octanol–water partition coefficient (Wildman–Crippen LogP) is 3.38. The Hall–Kier alpha value is -3.10. The van der Waals surface area contributed by atoms with E-state index in [1.54, 1.807) is 4.90 Å². The van der Waals surface area contributed by atoms with Crippen LogP contribution in [0.3, 0.4) is 0 Å². The molecule has 1 fully saturated rings. The molecule has 1 aliphatic rings. The van der Waals surface area contributed by atoms with Gasteiger partial charge in [0.2, 0.25) is 0 Å². The second-order valence-electron chi connectivity index (χ2n) is 6.21. The van der Waals surface area contributed by atoms with E-state index in [1.807, 2.05) is 0 Å². The van der Waals surface area contributed by atoms with E-state index in [0.29, 0.717) is 29.5 Å². The molecule has 1 aliphatic heterocycles. The van der Waals surface area contributed by atoms with Crippen molar-refractivity contribution in [3.8, 4) is 5.69 Å². The van der Waals surface area contributed by atoms with E-state index in [4.69, 9.17) is 5.11 Å². The molecule has 0 saturated carbocycles. The standard InChI is InChI=1S/C18H16F3N3O3/c1-11-6-8-23(9-7-11)16(25)12-2-4-13(5-3-12)24-15(18(19,20)21)14(10-22-24)17(26)27/h2-5,10H,1,6-9H2,(H,26,27). The van der Waals surface area contributed by atoms with E-state index in [1.165, 1.54) is 24.3 Å². The van der Waals surface area contributed by atoms with Crippen molar-refractivity contribution in [3.63, 3.8) is 0 Å². The smallest absolute Gasteiger partial charge is 0.434 e. The van der Waals surface area contributed by atoms with E-state index in [-0.39, 0.29) is 11.6 Å². The normalized spacial score (nSPS) is 15.1. The second kappa shape index (κ2) is 6.90. The number of alkyl halides is 3. The lowest BCUT2D eigenvalue weighted by Crippen LogP contribution is -2.36. The number of rotatable bonds is 3. The van der Waals surface area contributed by atoms with Crippen molar-refractivity contribution in [1.29, 1.82) is 0 Å². The molecule has 9 heteroatoms. The first-order valence-electron chi connectivity index (χ1n) is 8.13. The van der Waals surface area contributed by atoms with Crippen LogP contribution in [0.5, 0.6) is 0 Å². The highest BCUT2D eigenvalue weighted by Crippen LogP contribution is 2.33. The van der Waals surface area contributed by atoms with Gasteiger partial charge in [-0.25, -0.2) is 9.48 Å². The van der Waals surface area contributed by atoms with Gasteiger partial charge < -0.3 is 10.0 Å². The molecule has 0 spiro atoms. The van der Waals surface area contributed by atoms with Crippen molar-refractivity contribution >= 4 is 11.9 Å². The summed E-state index contributed by atoms with van der Waals surface area (Å²) in [5, 5.41) is 12.5. The van der Waals surface area contributed by atoms with Crippen molar-refractivity contribution in [2.24, 2.45) is 0 Å². The Balaban J connectivity index is 1.89. The lowest BCUT2D eigenvalue weighted by atomic mass is 10.0. The molecule has 3 rings (SSSR count). The minimum Gasteiger partial charge on any atom is -0.478 e. The average molecular weight is 379 g/mol. The number of carboxylic acid groups (broad SMARTS) is 1. The number of hydrogen-bond donors (Lipinski definition) is 1. The average Bonchev–Trinajstić information content (AvgIpc) is 3.08. The zero-order chi connectivity index (χ0) is 19.8. The largest absolute Gasteiger partial charge is 0.478 e. The molecule has 0 bridgehead atoms. The fourth-order valence-electron chi connectivity index (χ4n) is 2.93. The molecule has 0 radical (unpaired) electrons. The molecule has 1 amide bonds. The summed E-state index contributed by atoms with van der Waals surface area (Å²) in [6.45, 7) is 5.00. The molecule has 6 nitrogen and oxygen atoms in total. The highest BCUT2D eigenvalue weighted by atomic mass is 19.4. The van der Waals surface area contributed by atoms with Gasteiger partial charge in [-0.05, 0) is 37.1 Å². The number of nitrogens with zero attached hydrogens (tertiary/aromatic N) is 3. The fraction of sp³-hybridized carbons (Fsp3) is 0.278. The predicted molar refractivity (Wildman–Crippen MR) is 89.8 cm³/mol. The number of aromatic carboxylic acids is 1. The van der Waals surface area contributed by atoms with Crippen LogP contribution in [0.2, 0.25) is 0 Å². The number of carbonyl (C=O) groups excluding carboxylic acids is 1. The van der Waals surface area contributed by atoms with Gasteiger partial charge in [0.15, 0.2) is 5.69 Å². The summed E-state index contributed by atoms with van der Waals surface area (Å²) in [5.74, 6) is -1.93. The summed E-state index contributed by atoms with van der Waals surface area (Å²) < 4.78 is 40.4. The number of piperidine rings is 1. The number of carboxylic acids is 1. The maximum absolute atomic E-state index is 13.3. The van der Waals surface area contributed by atoms with E-state index in [9.17, 15) is 22.8 Å². The van der Waals surface area contributed by atoms with Gasteiger partial charge in [-0.15, -0.1) is 0 Å². The third-order valence-electron chi connectivity index (χ3n) is 4.38.